The number of carbonyl (C=O) groups is 2. The number of carbonyl (C=O) groups excluding carboxylic acids is 2. The van der Waals surface area contributed by atoms with Crippen molar-refractivity contribution >= 4 is 17.4 Å². The predicted octanol–water partition coefficient (Wildman–Crippen LogP) is 12.1. The molecule has 9 rings (SSSR count). The first-order valence-corrected chi connectivity index (χ1v) is 23.2. The Balaban J connectivity index is 0.952. The van der Waals surface area contributed by atoms with E-state index in [1.807, 2.05) is 171 Å². The van der Waals surface area contributed by atoms with Crippen LogP contribution in [0.4, 0.5) is 5.69 Å². The summed E-state index contributed by atoms with van der Waals surface area (Å²) in [7, 11) is 0. The minimum Gasteiger partial charge on any atom is -0.489 e. The summed E-state index contributed by atoms with van der Waals surface area (Å²) in [6, 6.07) is 65.9. The molecule has 0 radical (unpaired) electrons. The molecule has 1 fully saturated rings. The highest BCUT2D eigenvalue weighted by Gasteiger charge is 2.36. The first kappa shape index (κ1) is 46.0. The fourth-order valence-electron chi connectivity index (χ4n) is 8.37. The fraction of sp³-hybridized carbons (Fsp3) is 0.167. The maximum atomic E-state index is 14.9. The number of esters is 1. The Morgan fingerprint density at radius 3 is 1.51 bits per heavy atom. The number of hydrogen-bond acceptors (Lipinski definition) is 9. The molecule has 2 atom stereocenters. The van der Waals surface area contributed by atoms with Crippen LogP contribution >= 0.6 is 0 Å². The fourth-order valence-corrected chi connectivity index (χ4v) is 8.37. The second-order valence-corrected chi connectivity index (χ2v) is 17.1. The van der Waals surface area contributed by atoms with Crippen LogP contribution in [-0.4, -0.2) is 41.9 Å². The van der Waals surface area contributed by atoms with Crippen LogP contribution in [0.5, 0.6) is 23.0 Å². The predicted molar refractivity (Wildman–Crippen MR) is 269 cm³/mol. The summed E-state index contributed by atoms with van der Waals surface area (Å²) in [6.07, 6.45) is -0.462. The summed E-state index contributed by atoms with van der Waals surface area (Å²) >= 11 is 0. The molecule has 1 heterocycles. The van der Waals surface area contributed by atoms with Crippen LogP contribution in [-0.2, 0) is 37.7 Å². The van der Waals surface area contributed by atoms with Gasteiger partial charge in [-0.25, -0.2) is 4.79 Å². The lowest BCUT2D eigenvalue weighted by molar-refractivity contribution is 0.0303. The maximum Gasteiger partial charge on any atom is 0.338 e. The first-order valence-electron chi connectivity index (χ1n) is 23.2. The number of ether oxygens (including phenoxy) is 5. The number of benzene rings is 8. The van der Waals surface area contributed by atoms with Gasteiger partial charge in [-0.1, -0.05) is 164 Å². The summed E-state index contributed by atoms with van der Waals surface area (Å²) in [5, 5.41) is 3.63. The molecule has 1 aliphatic heterocycles. The van der Waals surface area contributed by atoms with Crippen LogP contribution in [0.25, 0.3) is 0 Å². The Morgan fingerprint density at radius 2 is 0.971 bits per heavy atom. The van der Waals surface area contributed by atoms with Crippen LogP contribution in [0.15, 0.2) is 206 Å². The molecule has 0 amide bonds. The van der Waals surface area contributed by atoms with Crippen molar-refractivity contribution in [2.45, 2.75) is 52.0 Å². The van der Waals surface area contributed by atoms with E-state index in [2.05, 4.69) is 22.3 Å². The molecule has 1 aliphatic rings. The van der Waals surface area contributed by atoms with Crippen molar-refractivity contribution in [3.05, 3.63) is 256 Å². The van der Waals surface area contributed by atoms with E-state index in [9.17, 15) is 9.59 Å². The van der Waals surface area contributed by atoms with Gasteiger partial charge in [0.05, 0.1) is 17.2 Å². The lowest BCUT2D eigenvalue weighted by atomic mass is 9.96. The molecule has 1 saturated heterocycles. The van der Waals surface area contributed by atoms with Crippen molar-refractivity contribution in [2.24, 2.45) is 0 Å². The number of hydrogen-bond donors (Lipinski definition) is 1. The summed E-state index contributed by atoms with van der Waals surface area (Å²) in [4.78, 5) is 31.2. The molecule has 0 spiro atoms. The van der Waals surface area contributed by atoms with E-state index < -0.39 is 12.1 Å². The zero-order chi connectivity index (χ0) is 47.2. The molecule has 2 unspecified atom stereocenters. The Kier molecular flexibility index (Phi) is 15.0. The molecule has 8 aromatic carbocycles. The highest BCUT2D eigenvalue weighted by Crippen LogP contribution is 2.42. The molecule has 0 aliphatic carbocycles. The number of likely N-dealkylation sites (tertiary alicyclic amines) is 1. The van der Waals surface area contributed by atoms with E-state index >= 15 is 0 Å². The van der Waals surface area contributed by atoms with Crippen molar-refractivity contribution in [3.8, 4) is 23.0 Å². The van der Waals surface area contributed by atoms with Crippen LogP contribution in [0.3, 0.4) is 0 Å². The average Bonchev–Trinajstić information content (AvgIpc) is 3.77. The second-order valence-electron chi connectivity index (χ2n) is 17.1. The third-order valence-electron chi connectivity index (χ3n) is 12.1. The lowest BCUT2D eigenvalue weighted by Crippen LogP contribution is -2.36. The van der Waals surface area contributed by atoms with Gasteiger partial charge < -0.3 is 29.0 Å². The number of nitrogens with one attached hydrogen (secondary N) is 1. The van der Waals surface area contributed by atoms with Crippen molar-refractivity contribution < 1.29 is 33.3 Å². The van der Waals surface area contributed by atoms with E-state index in [1.165, 1.54) is 5.56 Å². The van der Waals surface area contributed by atoms with Gasteiger partial charge in [-0.15, -0.1) is 0 Å². The Hall–Kier alpha value is -8.14. The summed E-state index contributed by atoms with van der Waals surface area (Å²) in [6.45, 7) is 4.97. The van der Waals surface area contributed by atoms with Crippen LogP contribution in [0.1, 0.15) is 59.7 Å². The largest absolute Gasteiger partial charge is 0.489 e. The van der Waals surface area contributed by atoms with Crippen molar-refractivity contribution in [3.63, 3.8) is 0 Å². The van der Waals surface area contributed by atoms with Gasteiger partial charge in [0.25, 0.3) is 0 Å². The molecule has 9 heteroatoms. The zero-order valence-corrected chi connectivity index (χ0v) is 38.5. The first-order chi connectivity index (χ1) is 33.9. The molecule has 8 aromatic rings. The van der Waals surface area contributed by atoms with Crippen molar-refractivity contribution in [1.82, 2.24) is 4.90 Å². The molecule has 69 heavy (non-hydrogen) atoms. The van der Waals surface area contributed by atoms with Gasteiger partial charge in [0.2, 0.25) is 0 Å². The molecule has 0 saturated carbocycles. The van der Waals surface area contributed by atoms with E-state index in [0.717, 1.165) is 33.7 Å². The molecule has 9 nitrogen and oxygen atoms in total. The number of ketones is 1. The van der Waals surface area contributed by atoms with E-state index in [0.29, 0.717) is 65.7 Å². The SMILES string of the molecule is Cc1c(OCc2ccccc2)cc(OCc2ccccc2)c(OCc2ccccc2)c1C(=O)c1ccc(C(=O)OC2CN(Cc3ccccc3)CC2Nc2ccc(OCc3ccccc3)cc2)cc1. The lowest BCUT2D eigenvalue weighted by Gasteiger charge is -2.22. The van der Waals surface area contributed by atoms with Gasteiger partial charge in [0, 0.05) is 42.5 Å². The van der Waals surface area contributed by atoms with Gasteiger partial charge in [0.1, 0.15) is 44.0 Å². The smallest absolute Gasteiger partial charge is 0.338 e. The van der Waals surface area contributed by atoms with E-state index in [1.54, 1.807) is 30.3 Å². The highest BCUT2D eigenvalue weighted by molar-refractivity contribution is 6.13. The van der Waals surface area contributed by atoms with Gasteiger partial charge in [-0.05, 0) is 71.1 Å². The van der Waals surface area contributed by atoms with E-state index in [-0.39, 0.29) is 31.6 Å². The zero-order valence-electron chi connectivity index (χ0n) is 38.5. The summed E-state index contributed by atoms with van der Waals surface area (Å²) in [5.74, 6) is 1.15. The Bertz CT molecular complexity index is 2900. The maximum absolute atomic E-state index is 14.9. The number of nitrogens with zero attached hydrogens (tertiary/aromatic N) is 1. The molecular weight excluding hydrogens is 861 g/mol. The number of rotatable bonds is 20. The number of anilines is 1. The Labute approximate surface area is 403 Å². The normalized spacial score (nSPS) is 14.4. The minimum absolute atomic E-state index is 0.193. The van der Waals surface area contributed by atoms with Crippen LogP contribution < -0.4 is 24.3 Å². The van der Waals surface area contributed by atoms with E-state index in [4.69, 9.17) is 23.7 Å². The van der Waals surface area contributed by atoms with Gasteiger partial charge in [-0.2, -0.15) is 0 Å². The van der Waals surface area contributed by atoms with Crippen LogP contribution in [0.2, 0.25) is 0 Å². The van der Waals surface area contributed by atoms with Crippen molar-refractivity contribution in [1.29, 1.82) is 0 Å². The highest BCUT2D eigenvalue weighted by atomic mass is 16.5. The van der Waals surface area contributed by atoms with Gasteiger partial charge in [0.15, 0.2) is 17.3 Å². The van der Waals surface area contributed by atoms with Crippen molar-refractivity contribution in [2.75, 3.05) is 18.4 Å². The molecule has 0 bridgehead atoms. The third-order valence-corrected chi connectivity index (χ3v) is 12.1. The third kappa shape index (κ3) is 12.3. The molecular formula is C60H54N2O7. The minimum atomic E-state index is -0.479. The average molecular weight is 915 g/mol. The molecule has 346 valence electrons. The molecule has 0 aromatic heterocycles. The standard InChI is InChI=1S/C60H54N2O7/c1-43-54(66-40-46-21-11-4-12-22-46)35-55(67-41-47-23-13-5-14-24-47)59(68-42-48-25-15-6-16-26-48)57(43)58(63)49-27-29-50(30-28-49)60(64)69-56-38-62(36-44-17-7-2-8-18-44)37-53(56)61-51-31-33-52(34-32-51)65-39-45-19-9-3-10-20-45/h2-35,53,56,61H,36-42H2,1H3. The van der Waals surface area contributed by atoms with Crippen LogP contribution in [0, 0.1) is 6.92 Å². The molecule has 1 N–H and O–H groups in total. The quantitative estimate of drug-likeness (QED) is 0.0592. The van der Waals surface area contributed by atoms with Gasteiger partial charge >= 0.3 is 5.97 Å². The summed E-state index contributed by atoms with van der Waals surface area (Å²) in [5.41, 5.74) is 7.63. The monoisotopic (exact) mass is 914 g/mol. The van der Waals surface area contributed by atoms with Gasteiger partial charge in [-0.3, -0.25) is 9.69 Å². The summed E-state index contributed by atoms with van der Waals surface area (Å²) < 4.78 is 31.8. The topological polar surface area (TPSA) is 95.6 Å². The second kappa shape index (κ2) is 22.6. The Morgan fingerprint density at radius 1 is 0.507 bits per heavy atom.